The molecule has 0 radical (unpaired) electrons. The van der Waals surface area contributed by atoms with Crippen LogP contribution in [0.3, 0.4) is 0 Å². The van der Waals surface area contributed by atoms with E-state index in [1.54, 1.807) is 14.2 Å². The van der Waals surface area contributed by atoms with Gasteiger partial charge in [-0.1, -0.05) is 29.8 Å². The molecule has 0 amide bonds. The van der Waals surface area contributed by atoms with Crippen molar-refractivity contribution in [3.05, 3.63) is 58.6 Å². The minimum Gasteiger partial charge on any atom is -0.497 e. The maximum atomic E-state index is 6.53. The minimum atomic E-state index is 0.0571. The summed E-state index contributed by atoms with van der Waals surface area (Å²) in [6.07, 6.45) is 0. The summed E-state index contributed by atoms with van der Waals surface area (Å²) in [7, 11) is 3.36. The number of piperazine rings is 1. The van der Waals surface area contributed by atoms with E-state index in [2.05, 4.69) is 22.3 Å². The van der Waals surface area contributed by atoms with E-state index in [-0.39, 0.29) is 6.04 Å². The van der Waals surface area contributed by atoms with Crippen molar-refractivity contribution in [3.63, 3.8) is 0 Å². The fourth-order valence-electron chi connectivity index (χ4n) is 3.24. The van der Waals surface area contributed by atoms with Gasteiger partial charge in [0.15, 0.2) is 0 Å². The number of ether oxygens (including phenoxy) is 2. The molecular formula is C19H23ClN2O2. The molecule has 5 heteroatoms. The highest BCUT2D eigenvalue weighted by molar-refractivity contribution is 6.31. The predicted octanol–water partition coefficient (Wildman–Crippen LogP) is 3.35. The van der Waals surface area contributed by atoms with Crippen LogP contribution in [0.25, 0.3) is 0 Å². The number of benzene rings is 2. The van der Waals surface area contributed by atoms with Gasteiger partial charge in [0.25, 0.3) is 0 Å². The second-order valence-corrected chi connectivity index (χ2v) is 6.23. The lowest BCUT2D eigenvalue weighted by atomic mass is 9.95. The van der Waals surface area contributed by atoms with Crippen LogP contribution < -0.4 is 14.8 Å². The van der Waals surface area contributed by atoms with Gasteiger partial charge in [-0.25, -0.2) is 0 Å². The van der Waals surface area contributed by atoms with E-state index in [0.717, 1.165) is 53.8 Å². The highest BCUT2D eigenvalue weighted by Gasteiger charge is 2.28. The van der Waals surface area contributed by atoms with E-state index in [9.17, 15) is 0 Å². The maximum Gasteiger partial charge on any atom is 0.127 e. The molecule has 0 saturated carbocycles. The van der Waals surface area contributed by atoms with E-state index < -0.39 is 0 Å². The minimum absolute atomic E-state index is 0.0571. The van der Waals surface area contributed by atoms with Gasteiger partial charge in [-0.05, 0) is 23.8 Å². The predicted molar refractivity (Wildman–Crippen MR) is 97.3 cm³/mol. The number of rotatable bonds is 5. The second kappa shape index (κ2) is 7.88. The van der Waals surface area contributed by atoms with Gasteiger partial charge in [-0.3, -0.25) is 4.90 Å². The van der Waals surface area contributed by atoms with Crippen molar-refractivity contribution in [2.45, 2.75) is 6.04 Å². The Balaban J connectivity index is 2.09. The van der Waals surface area contributed by atoms with Gasteiger partial charge < -0.3 is 14.8 Å². The van der Waals surface area contributed by atoms with E-state index >= 15 is 0 Å². The van der Waals surface area contributed by atoms with Crippen molar-refractivity contribution in [2.24, 2.45) is 0 Å². The van der Waals surface area contributed by atoms with Crippen molar-refractivity contribution in [1.29, 1.82) is 0 Å². The zero-order chi connectivity index (χ0) is 16.9. The lowest BCUT2D eigenvalue weighted by Crippen LogP contribution is -2.45. The third kappa shape index (κ3) is 3.51. The first-order chi connectivity index (χ1) is 11.7. The standard InChI is InChI=1S/C19H23ClN2O2/c1-23-14-7-8-16(18(13-14)24-2)19(22-11-9-21-10-12-22)15-5-3-4-6-17(15)20/h3-8,13,19,21H,9-12H2,1-2H3. The van der Waals surface area contributed by atoms with Crippen molar-refractivity contribution < 1.29 is 9.47 Å². The molecule has 1 unspecified atom stereocenters. The molecule has 1 saturated heterocycles. The van der Waals surface area contributed by atoms with Crippen molar-refractivity contribution in [3.8, 4) is 11.5 Å². The van der Waals surface area contributed by atoms with Gasteiger partial charge in [0, 0.05) is 42.8 Å². The summed E-state index contributed by atoms with van der Waals surface area (Å²) in [4.78, 5) is 2.45. The molecule has 3 rings (SSSR count). The SMILES string of the molecule is COc1ccc(C(c2ccccc2Cl)N2CCNCC2)c(OC)c1. The molecule has 0 aliphatic carbocycles. The number of methoxy groups -OCH3 is 2. The van der Waals surface area contributed by atoms with Crippen LogP contribution >= 0.6 is 11.6 Å². The molecule has 1 heterocycles. The molecule has 2 aromatic rings. The molecule has 0 bridgehead atoms. The fraction of sp³-hybridized carbons (Fsp3) is 0.368. The van der Waals surface area contributed by atoms with E-state index in [0.29, 0.717) is 0 Å². The average Bonchev–Trinajstić information content (AvgIpc) is 2.64. The normalized spacial score (nSPS) is 16.6. The molecule has 1 aliphatic rings. The topological polar surface area (TPSA) is 33.7 Å². The highest BCUT2D eigenvalue weighted by atomic mass is 35.5. The van der Waals surface area contributed by atoms with Gasteiger partial charge in [-0.2, -0.15) is 0 Å². The lowest BCUT2D eigenvalue weighted by molar-refractivity contribution is 0.195. The molecule has 1 fully saturated rings. The fourth-order valence-corrected chi connectivity index (χ4v) is 3.48. The summed E-state index contributed by atoms with van der Waals surface area (Å²) in [5.74, 6) is 1.60. The number of nitrogens with zero attached hydrogens (tertiary/aromatic N) is 1. The molecule has 1 atom stereocenters. The van der Waals surface area contributed by atoms with Crippen LogP contribution in [0, 0.1) is 0 Å². The van der Waals surface area contributed by atoms with Crippen molar-refractivity contribution in [1.82, 2.24) is 10.2 Å². The highest BCUT2D eigenvalue weighted by Crippen LogP contribution is 2.39. The van der Waals surface area contributed by atoms with Crippen LogP contribution in [0.2, 0.25) is 5.02 Å². The van der Waals surface area contributed by atoms with Crippen LogP contribution in [0.5, 0.6) is 11.5 Å². The van der Waals surface area contributed by atoms with E-state index in [1.807, 2.05) is 30.3 Å². The lowest BCUT2D eigenvalue weighted by Gasteiger charge is -2.36. The Morgan fingerprint density at radius 1 is 1.00 bits per heavy atom. The Hall–Kier alpha value is -1.75. The van der Waals surface area contributed by atoms with Crippen LogP contribution in [0.15, 0.2) is 42.5 Å². The number of hydrogen-bond acceptors (Lipinski definition) is 4. The molecule has 2 aromatic carbocycles. The maximum absolute atomic E-state index is 6.53. The number of halogens is 1. The van der Waals surface area contributed by atoms with Gasteiger partial charge in [0.2, 0.25) is 0 Å². The Kier molecular flexibility index (Phi) is 5.61. The van der Waals surface area contributed by atoms with Crippen molar-refractivity contribution >= 4 is 11.6 Å². The summed E-state index contributed by atoms with van der Waals surface area (Å²) in [5, 5.41) is 4.18. The summed E-state index contributed by atoms with van der Waals surface area (Å²) >= 11 is 6.53. The summed E-state index contributed by atoms with van der Waals surface area (Å²) < 4.78 is 11.0. The van der Waals surface area contributed by atoms with Gasteiger partial charge in [0.1, 0.15) is 11.5 Å². The van der Waals surface area contributed by atoms with Crippen LogP contribution in [0.1, 0.15) is 17.2 Å². The number of nitrogens with one attached hydrogen (secondary N) is 1. The van der Waals surface area contributed by atoms with Gasteiger partial charge in [-0.15, -0.1) is 0 Å². The Morgan fingerprint density at radius 3 is 2.42 bits per heavy atom. The van der Waals surface area contributed by atoms with Crippen LogP contribution in [-0.2, 0) is 0 Å². The van der Waals surface area contributed by atoms with E-state index in [1.165, 1.54) is 0 Å². The Morgan fingerprint density at radius 2 is 1.75 bits per heavy atom. The first-order valence-corrected chi connectivity index (χ1v) is 8.53. The molecular weight excluding hydrogens is 324 g/mol. The molecule has 4 nitrogen and oxygen atoms in total. The second-order valence-electron chi connectivity index (χ2n) is 5.82. The Labute approximate surface area is 148 Å². The quantitative estimate of drug-likeness (QED) is 0.900. The molecule has 1 N–H and O–H groups in total. The van der Waals surface area contributed by atoms with E-state index in [4.69, 9.17) is 21.1 Å². The molecule has 0 spiro atoms. The van der Waals surface area contributed by atoms with Crippen LogP contribution in [0.4, 0.5) is 0 Å². The molecule has 1 aliphatic heterocycles. The average molecular weight is 347 g/mol. The third-order valence-corrected chi connectivity index (χ3v) is 4.80. The zero-order valence-electron chi connectivity index (χ0n) is 14.1. The van der Waals surface area contributed by atoms with Crippen molar-refractivity contribution in [2.75, 3.05) is 40.4 Å². The molecule has 128 valence electrons. The van der Waals surface area contributed by atoms with Crippen LogP contribution in [-0.4, -0.2) is 45.3 Å². The summed E-state index contributed by atoms with van der Waals surface area (Å²) in [6, 6.07) is 14.1. The molecule has 0 aromatic heterocycles. The first-order valence-electron chi connectivity index (χ1n) is 8.15. The largest absolute Gasteiger partial charge is 0.497 e. The summed E-state index contributed by atoms with van der Waals surface area (Å²) in [5.41, 5.74) is 2.21. The number of hydrogen-bond donors (Lipinski definition) is 1. The monoisotopic (exact) mass is 346 g/mol. The van der Waals surface area contributed by atoms with Gasteiger partial charge in [0.05, 0.1) is 20.3 Å². The zero-order valence-corrected chi connectivity index (χ0v) is 14.8. The third-order valence-electron chi connectivity index (χ3n) is 4.45. The smallest absolute Gasteiger partial charge is 0.127 e. The summed E-state index contributed by atoms with van der Waals surface area (Å²) in [6.45, 7) is 3.87. The molecule has 24 heavy (non-hydrogen) atoms. The Bertz CT molecular complexity index is 687. The van der Waals surface area contributed by atoms with Gasteiger partial charge >= 0.3 is 0 Å². The first kappa shape index (κ1) is 17.1.